The summed E-state index contributed by atoms with van der Waals surface area (Å²) in [7, 11) is 0. The molecule has 2 heterocycles. The third-order valence-corrected chi connectivity index (χ3v) is 7.63. The SMILES string of the molecule is Cc1ccc(-c2nn(-c3nc(-c4ccc(Cl)cc4)cs3)c(-c3ccc(C)c(C)c3)c2Cl)cc1C. The second-order valence-electron chi connectivity index (χ2n) is 8.54. The van der Waals surface area contributed by atoms with Crippen LogP contribution in [-0.4, -0.2) is 14.8 Å². The Labute approximate surface area is 213 Å². The van der Waals surface area contributed by atoms with E-state index >= 15 is 0 Å². The molecule has 0 saturated heterocycles. The molecule has 6 heteroatoms. The monoisotopic (exact) mass is 503 g/mol. The maximum atomic E-state index is 7.05. The molecule has 34 heavy (non-hydrogen) atoms. The molecule has 0 amide bonds. The Morgan fingerprint density at radius 1 is 0.706 bits per heavy atom. The number of nitrogens with zero attached hydrogens (tertiary/aromatic N) is 3. The molecule has 0 unspecified atom stereocenters. The van der Waals surface area contributed by atoms with Crippen molar-refractivity contribution in [3.8, 4) is 38.9 Å². The molecule has 0 bridgehead atoms. The van der Waals surface area contributed by atoms with Crippen LogP contribution in [0.4, 0.5) is 0 Å². The minimum Gasteiger partial charge on any atom is -0.218 e. The average molecular weight is 504 g/mol. The molecule has 0 N–H and O–H groups in total. The first kappa shape index (κ1) is 22.9. The molecule has 0 spiro atoms. The zero-order valence-electron chi connectivity index (χ0n) is 19.4. The van der Waals surface area contributed by atoms with Crippen molar-refractivity contribution < 1.29 is 0 Å². The summed E-state index contributed by atoms with van der Waals surface area (Å²) < 4.78 is 1.88. The largest absolute Gasteiger partial charge is 0.218 e. The molecule has 5 rings (SSSR count). The molecule has 0 atom stereocenters. The van der Waals surface area contributed by atoms with E-state index in [1.165, 1.54) is 33.6 Å². The molecule has 0 aliphatic carbocycles. The van der Waals surface area contributed by atoms with Crippen LogP contribution in [0.5, 0.6) is 0 Å². The summed E-state index contributed by atoms with van der Waals surface area (Å²) in [5.41, 5.74) is 10.4. The number of hydrogen-bond acceptors (Lipinski definition) is 3. The number of aromatic nitrogens is 3. The summed E-state index contributed by atoms with van der Waals surface area (Å²) in [6.45, 7) is 8.43. The van der Waals surface area contributed by atoms with E-state index in [0.29, 0.717) is 10.0 Å². The molecule has 3 nitrogen and oxygen atoms in total. The van der Waals surface area contributed by atoms with Gasteiger partial charge in [0.05, 0.1) is 16.4 Å². The van der Waals surface area contributed by atoms with Gasteiger partial charge in [0.25, 0.3) is 0 Å². The van der Waals surface area contributed by atoms with Crippen LogP contribution in [0, 0.1) is 27.7 Å². The first-order valence-corrected chi connectivity index (χ1v) is 12.6. The molecule has 0 aliphatic rings. The lowest BCUT2D eigenvalue weighted by molar-refractivity contribution is 0.881. The minimum atomic E-state index is 0.620. The fourth-order valence-corrected chi connectivity index (χ4v) is 5.11. The van der Waals surface area contributed by atoms with Crippen LogP contribution in [0.25, 0.3) is 38.9 Å². The van der Waals surface area contributed by atoms with Gasteiger partial charge in [-0.05, 0) is 74.2 Å². The standard InChI is InChI=1S/C28H23Cl2N3S/c1-16-5-7-21(13-18(16)3)26-25(30)27(22-8-6-17(2)19(4)14-22)33(32-26)28-31-24(15-34-28)20-9-11-23(29)12-10-20/h5-15H,1-4H3. The van der Waals surface area contributed by atoms with E-state index in [0.717, 1.165) is 38.9 Å². The van der Waals surface area contributed by atoms with Crippen LogP contribution >= 0.6 is 34.5 Å². The lowest BCUT2D eigenvalue weighted by atomic mass is 10.0. The fraction of sp³-hybridized carbons (Fsp3) is 0.143. The van der Waals surface area contributed by atoms with E-state index in [4.69, 9.17) is 33.3 Å². The van der Waals surface area contributed by atoms with Gasteiger partial charge in [-0.2, -0.15) is 5.10 Å². The Morgan fingerprint density at radius 2 is 1.29 bits per heavy atom. The summed E-state index contributed by atoms with van der Waals surface area (Å²) in [6.07, 6.45) is 0. The highest BCUT2D eigenvalue weighted by molar-refractivity contribution is 7.12. The van der Waals surface area contributed by atoms with Crippen molar-refractivity contribution in [3.63, 3.8) is 0 Å². The predicted molar refractivity (Wildman–Crippen MR) is 145 cm³/mol. The van der Waals surface area contributed by atoms with Crippen molar-refractivity contribution in [2.75, 3.05) is 0 Å². The molecule has 0 radical (unpaired) electrons. The Morgan fingerprint density at radius 3 is 1.94 bits per heavy atom. The van der Waals surface area contributed by atoms with Gasteiger partial charge in [0.15, 0.2) is 0 Å². The van der Waals surface area contributed by atoms with Crippen LogP contribution in [-0.2, 0) is 0 Å². The van der Waals surface area contributed by atoms with Gasteiger partial charge in [-0.3, -0.25) is 0 Å². The van der Waals surface area contributed by atoms with Crippen molar-refractivity contribution in [3.05, 3.63) is 98.3 Å². The quantitative estimate of drug-likeness (QED) is 0.245. The third kappa shape index (κ3) is 4.18. The van der Waals surface area contributed by atoms with Crippen molar-refractivity contribution >= 4 is 34.5 Å². The van der Waals surface area contributed by atoms with Crippen LogP contribution in [0.2, 0.25) is 10.0 Å². The Hall–Kier alpha value is -2.92. The summed E-state index contributed by atoms with van der Waals surface area (Å²) in [5.74, 6) is 0. The first-order chi connectivity index (χ1) is 16.3. The van der Waals surface area contributed by atoms with Gasteiger partial charge in [0.2, 0.25) is 5.13 Å². The molecule has 0 aliphatic heterocycles. The average Bonchev–Trinajstić information content (AvgIpc) is 3.43. The van der Waals surface area contributed by atoms with Crippen LogP contribution in [0.1, 0.15) is 22.3 Å². The maximum Gasteiger partial charge on any atom is 0.211 e. The predicted octanol–water partition coefficient (Wildman–Crippen LogP) is 8.87. The second kappa shape index (κ2) is 9.03. The van der Waals surface area contributed by atoms with Crippen molar-refractivity contribution in [1.29, 1.82) is 0 Å². The molecule has 5 aromatic rings. The zero-order valence-corrected chi connectivity index (χ0v) is 21.7. The van der Waals surface area contributed by atoms with Gasteiger partial charge in [0.1, 0.15) is 5.69 Å². The van der Waals surface area contributed by atoms with Crippen molar-refractivity contribution in [1.82, 2.24) is 14.8 Å². The Bertz CT molecular complexity index is 1510. The van der Waals surface area contributed by atoms with E-state index in [-0.39, 0.29) is 0 Å². The Balaban J connectivity index is 1.70. The third-order valence-electron chi connectivity index (χ3n) is 6.20. The van der Waals surface area contributed by atoms with E-state index < -0.39 is 0 Å². The number of benzene rings is 3. The van der Waals surface area contributed by atoms with Gasteiger partial charge in [-0.1, -0.05) is 59.6 Å². The molecule has 2 aromatic heterocycles. The van der Waals surface area contributed by atoms with E-state index in [1.807, 2.05) is 34.3 Å². The van der Waals surface area contributed by atoms with Crippen molar-refractivity contribution in [2.45, 2.75) is 27.7 Å². The van der Waals surface area contributed by atoms with E-state index in [9.17, 15) is 0 Å². The Kier molecular flexibility index (Phi) is 6.07. The zero-order chi connectivity index (χ0) is 24.0. The number of rotatable bonds is 4. The molecule has 0 fully saturated rings. The summed E-state index contributed by atoms with van der Waals surface area (Å²) >= 11 is 14.7. The highest BCUT2D eigenvalue weighted by atomic mass is 35.5. The highest BCUT2D eigenvalue weighted by Gasteiger charge is 2.23. The number of halogens is 2. The second-order valence-corrected chi connectivity index (χ2v) is 10.2. The topological polar surface area (TPSA) is 30.7 Å². The lowest BCUT2D eigenvalue weighted by Crippen LogP contribution is -1.99. The van der Waals surface area contributed by atoms with Gasteiger partial charge >= 0.3 is 0 Å². The van der Waals surface area contributed by atoms with Crippen LogP contribution in [0.3, 0.4) is 0 Å². The summed E-state index contributed by atoms with van der Waals surface area (Å²) in [6, 6.07) is 20.4. The van der Waals surface area contributed by atoms with Gasteiger partial charge in [0, 0.05) is 27.1 Å². The van der Waals surface area contributed by atoms with Crippen LogP contribution < -0.4 is 0 Å². The van der Waals surface area contributed by atoms with E-state index in [1.54, 1.807) is 0 Å². The molecule has 3 aromatic carbocycles. The molecule has 170 valence electrons. The van der Waals surface area contributed by atoms with E-state index in [2.05, 4.69) is 64.1 Å². The summed E-state index contributed by atoms with van der Waals surface area (Å²) in [4.78, 5) is 4.90. The molecular formula is C28H23Cl2N3S. The normalized spacial score (nSPS) is 11.2. The summed E-state index contributed by atoms with van der Waals surface area (Å²) in [5, 5.41) is 9.10. The van der Waals surface area contributed by atoms with Crippen molar-refractivity contribution in [2.24, 2.45) is 0 Å². The highest BCUT2D eigenvalue weighted by Crippen LogP contribution is 2.40. The number of aryl methyl sites for hydroxylation is 4. The minimum absolute atomic E-state index is 0.620. The number of thiazole rings is 1. The smallest absolute Gasteiger partial charge is 0.211 e. The molecular weight excluding hydrogens is 481 g/mol. The number of hydrogen-bond donors (Lipinski definition) is 0. The fourth-order valence-electron chi connectivity index (χ4n) is 3.86. The molecule has 0 saturated carbocycles. The van der Waals surface area contributed by atoms with Gasteiger partial charge < -0.3 is 0 Å². The maximum absolute atomic E-state index is 7.05. The van der Waals surface area contributed by atoms with Crippen LogP contribution in [0.15, 0.2) is 66.0 Å². The van der Waals surface area contributed by atoms with Gasteiger partial charge in [-0.25, -0.2) is 9.67 Å². The first-order valence-electron chi connectivity index (χ1n) is 11.0. The van der Waals surface area contributed by atoms with Gasteiger partial charge in [-0.15, -0.1) is 11.3 Å². The lowest BCUT2D eigenvalue weighted by Gasteiger charge is -2.08.